The summed E-state index contributed by atoms with van der Waals surface area (Å²) in [6.45, 7) is 4.89. The first-order valence-electron chi connectivity index (χ1n) is 8.55. The molecule has 6 nitrogen and oxygen atoms in total. The van der Waals surface area contributed by atoms with Crippen molar-refractivity contribution in [1.82, 2.24) is 5.32 Å². The number of amides is 2. The first-order valence-corrected chi connectivity index (χ1v) is 9.78. The Hall–Kier alpha value is -2.36. The lowest BCUT2D eigenvalue weighted by molar-refractivity contribution is -0.913. The van der Waals surface area contributed by atoms with Gasteiger partial charge in [0.15, 0.2) is 5.11 Å². The molecule has 27 heavy (non-hydrogen) atoms. The van der Waals surface area contributed by atoms with Gasteiger partial charge in [-0.15, -0.1) is 11.3 Å². The van der Waals surface area contributed by atoms with Gasteiger partial charge in [-0.2, -0.15) is 0 Å². The number of hydrogen-bond acceptors (Lipinski definition) is 4. The van der Waals surface area contributed by atoms with Crippen LogP contribution in [0.1, 0.15) is 38.1 Å². The van der Waals surface area contributed by atoms with Crippen molar-refractivity contribution < 1.29 is 18.9 Å². The van der Waals surface area contributed by atoms with E-state index in [0.717, 1.165) is 36.5 Å². The largest absolute Gasteiger partial charge is 0.365 e. The van der Waals surface area contributed by atoms with Crippen molar-refractivity contribution in [3.63, 3.8) is 0 Å². The number of benzene rings is 1. The van der Waals surface area contributed by atoms with E-state index >= 15 is 0 Å². The number of thiocarbonyl (C=S) groups is 1. The second-order valence-corrected chi connectivity index (χ2v) is 7.75. The van der Waals surface area contributed by atoms with Crippen molar-refractivity contribution in [3.05, 3.63) is 51.7 Å². The van der Waals surface area contributed by atoms with Crippen LogP contribution in [0.5, 0.6) is 0 Å². The zero-order valence-electron chi connectivity index (χ0n) is 14.7. The first kappa shape index (κ1) is 19.4. The number of quaternary nitrogens is 1. The Bertz CT molecular complexity index is 913. The topological polar surface area (TPSA) is 88.7 Å². The maximum atomic E-state index is 13.7. The van der Waals surface area contributed by atoms with E-state index in [-0.39, 0.29) is 10.7 Å². The molecule has 0 bridgehead atoms. The van der Waals surface area contributed by atoms with Crippen LogP contribution in [0.4, 0.5) is 9.39 Å². The van der Waals surface area contributed by atoms with Gasteiger partial charge < -0.3 is 16.0 Å². The van der Waals surface area contributed by atoms with Crippen LogP contribution < -0.4 is 21.3 Å². The third kappa shape index (κ3) is 4.15. The highest BCUT2D eigenvalue weighted by Gasteiger charge is 2.29. The van der Waals surface area contributed by atoms with Crippen LogP contribution in [-0.4, -0.2) is 30.0 Å². The van der Waals surface area contributed by atoms with Gasteiger partial charge in [0.1, 0.15) is 17.4 Å². The normalized spacial score (nSPS) is 15.7. The van der Waals surface area contributed by atoms with Gasteiger partial charge in [0, 0.05) is 6.42 Å². The maximum Gasteiger partial charge on any atom is 0.260 e. The third-order valence-electron chi connectivity index (χ3n) is 4.55. The van der Waals surface area contributed by atoms with E-state index < -0.39 is 17.6 Å². The Balaban J connectivity index is 1.78. The maximum absolute atomic E-state index is 13.7. The fourth-order valence-corrected chi connectivity index (χ4v) is 4.73. The molecule has 2 aromatic rings. The zero-order chi connectivity index (χ0) is 19.6. The molecule has 0 fully saturated rings. The van der Waals surface area contributed by atoms with Crippen molar-refractivity contribution in [2.45, 2.75) is 19.9 Å². The summed E-state index contributed by atoms with van der Waals surface area (Å²) in [4.78, 5) is 26.7. The number of hydrogen-bond donors (Lipinski definition) is 4. The molecule has 2 heterocycles. The fourth-order valence-electron chi connectivity index (χ4n) is 3.14. The molecule has 1 atom stereocenters. The second-order valence-electron chi connectivity index (χ2n) is 6.24. The first-order chi connectivity index (χ1) is 12.9. The molecule has 9 heteroatoms. The van der Waals surface area contributed by atoms with E-state index in [0.29, 0.717) is 10.6 Å². The van der Waals surface area contributed by atoms with Crippen LogP contribution in [0.15, 0.2) is 24.3 Å². The lowest BCUT2D eigenvalue weighted by Gasteiger charge is -2.22. The number of rotatable bonds is 4. The average molecular weight is 408 g/mol. The lowest BCUT2D eigenvalue weighted by Crippen LogP contribution is -3.11. The number of halogens is 1. The fraction of sp³-hybridized carbons (Fsp3) is 0.278. The molecule has 1 aromatic carbocycles. The summed E-state index contributed by atoms with van der Waals surface area (Å²) in [6, 6.07) is 5.63. The molecular formula is C18H20FN4O2S2+. The minimum atomic E-state index is -0.658. The molecule has 0 aliphatic carbocycles. The van der Waals surface area contributed by atoms with E-state index in [4.69, 9.17) is 18.0 Å². The van der Waals surface area contributed by atoms with Crippen LogP contribution >= 0.6 is 23.6 Å². The van der Waals surface area contributed by atoms with Crippen molar-refractivity contribution >= 4 is 45.5 Å². The summed E-state index contributed by atoms with van der Waals surface area (Å²) < 4.78 is 13.7. The van der Waals surface area contributed by atoms with Gasteiger partial charge in [-0.3, -0.25) is 14.9 Å². The number of primary amides is 1. The Kier molecular flexibility index (Phi) is 5.83. The highest BCUT2D eigenvalue weighted by atomic mass is 32.1. The number of thiophene rings is 1. The molecule has 0 saturated heterocycles. The standard InChI is InChI=1S/C18H19FN4O2S2/c1-2-23-8-7-11-13(9-23)27-17(14(11)15(20)24)22-18(26)21-16(25)10-5-3-4-6-12(10)19/h3-6H,2,7-9H2,1H3,(H2,20,24)(H2,21,22,25,26)/p+1. The third-order valence-corrected chi connectivity index (χ3v) is 5.90. The van der Waals surface area contributed by atoms with Crippen LogP contribution in [-0.2, 0) is 13.0 Å². The van der Waals surface area contributed by atoms with Crippen molar-refractivity contribution in [2.75, 3.05) is 18.4 Å². The number of nitrogens with two attached hydrogens (primary N) is 1. The van der Waals surface area contributed by atoms with E-state index in [9.17, 15) is 14.0 Å². The average Bonchev–Trinajstić information content (AvgIpc) is 2.98. The summed E-state index contributed by atoms with van der Waals surface area (Å²) in [5, 5.41) is 5.84. The zero-order valence-corrected chi connectivity index (χ0v) is 16.4. The lowest BCUT2D eigenvalue weighted by atomic mass is 10.0. The predicted octanol–water partition coefficient (Wildman–Crippen LogP) is 1.07. The molecule has 0 radical (unpaired) electrons. The summed E-state index contributed by atoms with van der Waals surface area (Å²) in [6.07, 6.45) is 0.767. The summed E-state index contributed by atoms with van der Waals surface area (Å²) in [7, 11) is 0. The quantitative estimate of drug-likeness (QED) is 0.571. The molecule has 3 rings (SSSR count). The number of nitrogens with one attached hydrogen (secondary N) is 3. The van der Waals surface area contributed by atoms with Gasteiger partial charge in [-0.25, -0.2) is 4.39 Å². The summed E-state index contributed by atoms with van der Waals surface area (Å²) in [5.41, 5.74) is 6.85. The van der Waals surface area contributed by atoms with Gasteiger partial charge >= 0.3 is 0 Å². The van der Waals surface area contributed by atoms with E-state index in [1.807, 2.05) is 0 Å². The molecular weight excluding hydrogens is 387 g/mol. The predicted molar refractivity (Wildman–Crippen MR) is 107 cm³/mol. The van der Waals surface area contributed by atoms with Crippen molar-refractivity contribution in [1.29, 1.82) is 0 Å². The smallest absolute Gasteiger partial charge is 0.260 e. The Morgan fingerprint density at radius 1 is 1.37 bits per heavy atom. The molecule has 2 amide bonds. The van der Waals surface area contributed by atoms with E-state index in [2.05, 4.69) is 17.6 Å². The van der Waals surface area contributed by atoms with Crippen molar-refractivity contribution in [2.24, 2.45) is 5.73 Å². The van der Waals surface area contributed by atoms with Gasteiger partial charge in [0.05, 0.1) is 29.1 Å². The number of carbonyl (C=O) groups is 2. The second kappa shape index (κ2) is 8.12. The van der Waals surface area contributed by atoms with Gasteiger partial charge in [0.25, 0.3) is 11.8 Å². The van der Waals surface area contributed by atoms with Gasteiger partial charge in [-0.1, -0.05) is 12.1 Å². The summed E-state index contributed by atoms with van der Waals surface area (Å²) in [5.74, 6) is -1.82. The molecule has 142 valence electrons. The van der Waals surface area contributed by atoms with E-state index in [1.54, 1.807) is 6.07 Å². The highest BCUT2D eigenvalue weighted by molar-refractivity contribution is 7.80. The minimum absolute atomic E-state index is 0.0101. The van der Waals surface area contributed by atoms with Crippen molar-refractivity contribution in [3.8, 4) is 0 Å². The van der Waals surface area contributed by atoms with Crippen LogP contribution in [0.2, 0.25) is 0 Å². The molecule has 1 aliphatic rings. The Morgan fingerprint density at radius 2 is 2.11 bits per heavy atom. The number of likely N-dealkylation sites (N-methyl/N-ethyl adjacent to an activating group) is 1. The Labute approximate surface area is 165 Å². The van der Waals surface area contributed by atoms with Crippen LogP contribution in [0.3, 0.4) is 0 Å². The van der Waals surface area contributed by atoms with Crippen LogP contribution in [0.25, 0.3) is 0 Å². The Morgan fingerprint density at radius 3 is 2.78 bits per heavy atom. The molecule has 1 aliphatic heterocycles. The number of anilines is 1. The summed E-state index contributed by atoms with van der Waals surface area (Å²) >= 11 is 6.59. The van der Waals surface area contributed by atoms with Gasteiger partial charge in [0.2, 0.25) is 0 Å². The number of fused-ring (bicyclic) bond motifs is 1. The molecule has 0 spiro atoms. The molecule has 5 N–H and O–H groups in total. The van der Waals surface area contributed by atoms with E-state index in [1.165, 1.54) is 34.4 Å². The number of carbonyl (C=O) groups excluding carboxylic acids is 2. The molecule has 1 unspecified atom stereocenters. The molecule has 0 saturated carbocycles. The van der Waals surface area contributed by atoms with Crippen LogP contribution in [0, 0.1) is 5.82 Å². The monoisotopic (exact) mass is 407 g/mol. The highest BCUT2D eigenvalue weighted by Crippen LogP contribution is 2.34. The SMILES string of the molecule is CC[NH+]1CCc2c(sc(NC(=S)NC(=O)c3ccccc3F)c2C(N)=O)C1. The van der Waals surface area contributed by atoms with Gasteiger partial charge in [-0.05, 0) is 36.8 Å². The molecule has 1 aromatic heterocycles. The minimum Gasteiger partial charge on any atom is -0.365 e.